The Hall–Kier alpha value is -0.650. The molecule has 0 aromatic carbocycles. The van der Waals surface area contributed by atoms with E-state index in [0.717, 1.165) is 17.2 Å². The van der Waals surface area contributed by atoms with Gasteiger partial charge >= 0.3 is 0 Å². The summed E-state index contributed by atoms with van der Waals surface area (Å²) < 4.78 is 0. The Morgan fingerprint density at radius 2 is 2.22 bits per heavy atom. The summed E-state index contributed by atoms with van der Waals surface area (Å²) in [7, 11) is 0. The van der Waals surface area contributed by atoms with Gasteiger partial charge < -0.3 is 5.73 Å². The van der Waals surface area contributed by atoms with Crippen molar-refractivity contribution in [2.45, 2.75) is 32.7 Å². The summed E-state index contributed by atoms with van der Waals surface area (Å²) >= 11 is 7.33. The number of carbonyl (C=O) groups excluding carboxylic acids is 1. The largest absolute Gasteiger partial charge is 0.369 e. The standard InChI is InChI=1S/C12H20ClN3OS/c1-8(2)5-16(6-11(14)17)9(3)12-15-10(4-13)7-18-12/h7-9H,4-6H2,1-3H3,(H2,14,17). The highest BCUT2D eigenvalue weighted by Crippen LogP contribution is 2.24. The molecule has 1 aromatic rings. The number of rotatable bonds is 7. The number of carbonyl (C=O) groups is 1. The highest BCUT2D eigenvalue weighted by molar-refractivity contribution is 7.09. The zero-order valence-electron chi connectivity index (χ0n) is 11.0. The van der Waals surface area contributed by atoms with E-state index in [-0.39, 0.29) is 18.5 Å². The van der Waals surface area contributed by atoms with Crippen molar-refractivity contribution in [2.24, 2.45) is 11.7 Å². The lowest BCUT2D eigenvalue weighted by atomic mass is 10.1. The molecule has 0 fully saturated rings. The van der Waals surface area contributed by atoms with Gasteiger partial charge in [0.05, 0.1) is 24.2 Å². The summed E-state index contributed by atoms with van der Waals surface area (Å²) in [5.74, 6) is 0.583. The van der Waals surface area contributed by atoms with Crippen molar-refractivity contribution in [1.82, 2.24) is 9.88 Å². The molecule has 6 heteroatoms. The Bertz CT molecular complexity index is 394. The van der Waals surface area contributed by atoms with E-state index in [4.69, 9.17) is 17.3 Å². The van der Waals surface area contributed by atoms with E-state index in [2.05, 4.69) is 23.7 Å². The van der Waals surface area contributed by atoms with Gasteiger partial charge in [0.1, 0.15) is 5.01 Å². The minimum absolute atomic E-state index is 0.0851. The van der Waals surface area contributed by atoms with Gasteiger partial charge in [0.2, 0.25) is 5.91 Å². The van der Waals surface area contributed by atoms with Crippen LogP contribution in [-0.4, -0.2) is 28.9 Å². The van der Waals surface area contributed by atoms with Gasteiger partial charge in [0.15, 0.2) is 0 Å². The molecule has 1 atom stereocenters. The third kappa shape index (κ3) is 4.55. The third-order valence-corrected chi connectivity index (χ3v) is 3.91. The number of nitrogens with two attached hydrogens (primary N) is 1. The van der Waals surface area contributed by atoms with Crippen molar-refractivity contribution < 1.29 is 4.79 Å². The summed E-state index contributed by atoms with van der Waals surface area (Å²) in [6, 6.07) is 0.0851. The predicted octanol–water partition coefficient (Wildman–Crippen LogP) is 2.39. The maximum Gasteiger partial charge on any atom is 0.231 e. The Morgan fingerprint density at radius 3 is 2.67 bits per heavy atom. The quantitative estimate of drug-likeness (QED) is 0.784. The number of halogens is 1. The van der Waals surface area contributed by atoms with Crippen LogP contribution in [0.15, 0.2) is 5.38 Å². The van der Waals surface area contributed by atoms with E-state index < -0.39 is 0 Å². The molecule has 1 unspecified atom stereocenters. The van der Waals surface area contributed by atoms with Crippen LogP contribution in [0.1, 0.15) is 37.5 Å². The minimum atomic E-state index is -0.309. The molecule has 0 spiro atoms. The number of nitrogens with zero attached hydrogens (tertiary/aromatic N) is 2. The van der Waals surface area contributed by atoms with Crippen molar-refractivity contribution in [3.63, 3.8) is 0 Å². The van der Waals surface area contributed by atoms with Gasteiger partial charge in [-0.2, -0.15) is 0 Å². The molecule has 4 nitrogen and oxygen atoms in total. The van der Waals surface area contributed by atoms with Gasteiger partial charge in [-0.05, 0) is 12.8 Å². The fourth-order valence-electron chi connectivity index (χ4n) is 1.76. The van der Waals surface area contributed by atoms with E-state index in [0.29, 0.717) is 11.8 Å². The lowest BCUT2D eigenvalue weighted by molar-refractivity contribution is -0.119. The second-order valence-corrected chi connectivity index (χ2v) is 5.93. The van der Waals surface area contributed by atoms with E-state index >= 15 is 0 Å². The van der Waals surface area contributed by atoms with Crippen molar-refractivity contribution in [1.29, 1.82) is 0 Å². The maximum atomic E-state index is 11.1. The van der Waals surface area contributed by atoms with Gasteiger partial charge in [0.25, 0.3) is 0 Å². The van der Waals surface area contributed by atoms with Crippen molar-refractivity contribution in [2.75, 3.05) is 13.1 Å². The summed E-state index contributed by atoms with van der Waals surface area (Å²) in [6.07, 6.45) is 0. The van der Waals surface area contributed by atoms with Crippen LogP contribution in [-0.2, 0) is 10.7 Å². The lowest BCUT2D eigenvalue weighted by Gasteiger charge is -2.28. The third-order valence-electron chi connectivity index (χ3n) is 2.57. The molecule has 0 aliphatic carbocycles. The molecule has 0 saturated heterocycles. The normalized spacial score (nSPS) is 13.2. The van der Waals surface area contributed by atoms with Crippen LogP contribution < -0.4 is 5.73 Å². The Morgan fingerprint density at radius 1 is 1.56 bits per heavy atom. The van der Waals surface area contributed by atoms with Crippen LogP contribution in [0.4, 0.5) is 0 Å². The number of amides is 1. The molecule has 1 rings (SSSR count). The van der Waals surface area contributed by atoms with Crippen LogP contribution in [0.25, 0.3) is 0 Å². The Balaban J connectivity index is 2.79. The fourth-order valence-corrected chi connectivity index (χ4v) is 2.90. The van der Waals surface area contributed by atoms with Crippen LogP contribution in [0.2, 0.25) is 0 Å². The zero-order valence-corrected chi connectivity index (χ0v) is 12.6. The molecule has 1 aromatic heterocycles. The van der Waals surface area contributed by atoms with Crippen molar-refractivity contribution in [3.8, 4) is 0 Å². The molecular formula is C12H20ClN3OS. The first-order chi connectivity index (χ1) is 8.43. The molecule has 0 aliphatic rings. The van der Waals surface area contributed by atoms with Crippen molar-refractivity contribution >= 4 is 28.8 Å². The molecule has 2 N–H and O–H groups in total. The van der Waals surface area contributed by atoms with E-state index in [9.17, 15) is 4.79 Å². The predicted molar refractivity (Wildman–Crippen MR) is 75.7 cm³/mol. The molecule has 18 heavy (non-hydrogen) atoms. The first-order valence-electron chi connectivity index (χ1n) is 5.96. The molecule has 1 heterocycles. The van der Waals surface area contributed by atoms with E-state index in [1.165, 1.54) is 0 Å². The first-order valence-corrected chi connectivity index (χ1v) is 7.38. The summed E-state index contributed by atoms with van der Waals surface area (Å²) in [5.41, 5.74) is 6.18. The van der Waals surface area contributed by atoms with E-state index in [1.807, 2.05) is 12.3 Å². The molecule has 102 valence electrons. The number of primary amides is 1. The van der Waals surface area contributed by atoms with Gasteiger partial charge in [-0.25, -0.2) is 4.98 Å². The highest BCUT2D eigenvalue weighted by atomic mass is 35.5. The fraction of sp³-hybridized carbons (Fsp3) is 0.667. The monoisotopic (exact) mass is 289 g/mol. The average Bonchev–Trinajstić information content (AvgIpc) is 2.74. The van der Waals surface area contributed by atoms with Crippen LogP contribution in [0.5, 0.6) is 0 Å². The topological polar surface area (TPSA) is 59.2 Å². The second-order valence-electron chi connectivity index (χ2n) is 4.78. The number of hydrogen-bond donors (Lipinski definition) is 1. The molecule has 0 bridgehead atoms. The van der Waals surface area contributed by atoms with Crippen LogP contribution in [0, 0.1) is 5.92 Å². The first kappa shape index (κ1) is 15.4. The summed E-state index contributed by atoms with van der Waals surface area (Å²) in [5, 5.41) is 2.93. The molecule has 1 amide bonds. The highest BCUT2D eigenvalue weighted by Gasteiger charge is 2.21. The van der Waals surface area contributed by atoms with Crippen LogP contribution in [0.3, 0.4) is 0 Å². The van der Waals surface area contributed by atoms with Gasteiger partial charge in [-0.1, -0.05) is 13.8 Å². The maximum absolute atomic E-state index is 11.1. The van der Waals surface area contributed by atoms with Gasteiger partial charge in [-0.15, -0.1) is 22.9 Å². The van der Waals surface area contributed by atoms with E-state index in [1.54, 1.807) is 11.3 Å². The van der Waals surface area contributed by atoms with Gasteiger partial charge in [0, 0.05) is 11.9 Å². The lowest BCUT2D eigenvalue weighted by Crippen LogP contribution is -2.38. The minimum Gasteiger partial charge on any atom is -0.369 e. The zero-order chi connectivity index (χ0) is 13.7. The SMILES string of the molecule is CC(C)CN(CC(N)=O)C(C)c1nc(CCl)cs1. The molecule has 0 radical (unpaired) electrons. The Kier molecular flexibility index (Phi) is 6.05. The number of aromatic nitrogens is 1. The summed E-state index contributed by atoms with van der Waals surface area (Å²) in [6.45, 7) is 7.36. The van der Waals surface area contributed by atoms with Gasteiger partial charge in [-0.3, -0.25) is 9.69 Å². The van der Waals surface area contributed by atoms with Crippen molar-refractivity contribution in [3.05, 3.63) is 16.1 Å². The number of alkyl halides is 1. The average molecular weight is 290 g/mol. The molecular weight excluding hydrogens is 270 g/mol. The second kappa shape index (κ2) is 7.07. The molecule has 0 saturated carbocycles. The summed E-state index contributed by atoms with van der Waals surface area (Å²) in [4.78, 5) is 17.6. The molecule has 0 aliphatic heterocycles. The Labute approximate surface area is 117 Å². The number of hydrogen-bond acceptors (Lipinski definition) is 4. The smallest absolute Gasteiger partial charge is 0.231 e. The number of thiazole rings is 1. The van der Waals surface area contributed by atoms with Crippen LogP contribution >= 0.6 is 22.9 Å².